The number of hydrogen-bond donors (Lipinski definition) is 2. The summed E-state index contributed by atoms with van der Waals surface area (Å²) in [7, 11) is 1.57. The van der Waals surface area contributed by atoms with E-state index in [2.05, 4.69) is 15.4 Å². The molecule has 1 heterocycles. The molecule has 0 radical (unpaired) electrons. The Bertz CT molecular complexity index is 1380. The van der Waals surface area contributed by atoms with E-state index in [-0.39, 0.29) is 22.6 Å². The third kappa shape index (κ3) is 6.30. The zero-order valence-corrected chi connectivity index (χ0v) is 20.4. The van der Waals surface area contributed by atoms with Crippen LogP contribution in [-0.4, -0.2) is 30.7 Å². The molecule has 1 amide bonds. The van der Waals surface area contributed by atoms with Gasteiger partial charge in [-0.2, -0.15) is 0 Å². The summed E-state index contributed by atoms with van der Waals surface area (Å²) in [5.74, 6) is -1.08. The Morgan fingerprint density at radius 2 is 1.78 bits per heavy atom. The lowest BCUT2D eigenvalue weighted by Crippen LogP contribution is -2.43. The van der Waals surface area contributed by atoms with E-state index in [1.807, 2.05) is 32.0 Å². The van der Waals surface area contributed by atoms with Gasteiger partial charge in [-0.1, -0.05) is 30.3 Å². The summed E-state index contributed by atoms with van der Waals surface area (Å²) < 4.78 is 47.5. The first-order valence-electron chi connectivity index (χ1n) is 11.4. The molecular formula is C28H25F3N2O4. The number of para-hydroxylation sites is 1. The van der Waals surface area contributed by atoms with E-state index >= 15 is 0 Å². The fourth-order valence-electron chi connectivity index (χ4n) is 4.18. The number of halogens is 3. The molecule has 0 saturated carbocycles. The van der Waals surface area contributed by atoms with Gasteiger partial charge in [0, 0.05) is 34.1 Å². The second-order valence-corrected chi connectivity index (χ2v) is 9.21. The number of rotatable bonds is 6. The van der Waals surface area contributed by atoms with Crippen molar-refractivity contribution in [3.63, 3.8) is 0 Å². The molecule has 0 unspecified atom stereocenters. The number of nitrogens with one attached hydrogen (secondary N) is 2. The molecule has 4 rings (SSSR count). The highest BCUT2D eigenvalue weighted by Crippen LogP contribution is 2.33. The number of fused-ring (bicyclic) bond motifs is 1. The van der Waals surface area contributed by atoms with Crippen molar-refractivity contribution in [2.75, 3.05) is 12.4 Å². The second kappa shape index (κ2) is 10.0. The molecule has 0 atom stereocenters. The highest BCUT2D eigenvalue weighted by atomic mass is 19.4. The number of methoxy groups -OCH3 is 1. The smallest absolute Gasteiger partial charge is 0.497 e. The molecule has 37 heavy (non-hydrogen) atoms. The fourth-order valence-corrected chi connectivity index (χ4v) is 4.18. The molecular weight excluding hydrogens is 485 g/mol. The van der Waals surface area contributed by atoms with Gasteiger partial charge in [-0.3, -0.25) is 9.59 Å². The Morgan fingerprint density at radius 3 is 2.51 bits per heavy atom. The highest BCUT2D eigenvalue weighted by Gasteiger charge is 2.33. The predicted octanol–water partition coefficient (Wildman–Crippen LogP) is 5.99. The lowest BCUT2D eigenvalue weighted by molar-refractivity contribution is -0.274. The summed E-state index contributed by atoms with van der Waals surface area (Å²) in [4.78, 5) is 25.9. The van der Waals surface area contributed by atoms with Crippen molar-refractivity contribution in [1.82, 2.24) is 5.32 Å². The van der Waals surface area contributed by atoms with E-state index in [0.29, 0.717) is 17.0 Å². The third-order valence-corrected chi connectivity index (χ3v) is 5.75. The van der Waals surface area contributed by atoms with Crippen LogP contribution in [0.5, 0.6) is 11.5 Å². The number of hydrogen-bond acceptors (Lipinski definition) is 5. The minimum absolute atomic E-state index is 0.245. The molecule has 0 spiro atoms. The molecule has 192 valence electrons. The van der Waals surface area contributed by atoms with Gasteiger partial charge in [-0.05, 0) is 62.2 Å². The molecule has 1 aliphatic rings. The van der Waals surface area contributed by atoms with E-state index in [9.17, 15) is 22.8 Å². The van der Waals surface area contributed by atoms with Crippen LogP contribution in [0.25, 0.3) is 5.70 Å². The van der Waals surface area contributed by atoms with Gasteiger partial charge in [0.05, 0.1) is 12.7 Å². The number of carbonyl (C=O) groups excluding carboxylic acids is 2. The highest BCUT2D eigenvalue weighted by molar-refractivity contribution is 6.10. The molecule has 6 nitrogen and oxygen atoms in total. The SMILES string of the molecule is COc1ccc2c(c1)C(=CC(=O)c1cccc(NC(=O)c3ccccc3OC(F)(F)F)c1)NC(C)(C)C2. The molecule has 2 N–H and O–H groups in total. The maximum absolute atomic E-state index is 13.2. The average Bonchev–Trinajstić information content (AvgIpc) is 2.82. The van der Waals surface area contributed by atoms with Crippen LogP contribution in [0.3, 0.4) is 0 Å². The first-order valence-corrected chi connectivity index (χ1v) is 11.4. The van der Waals surface area contributed by atoms with Gasteiger partial charge in [-0.15, -0.1) is 13.2 Å². The number of alkyl halides is 3. The Morgan fingerprint density at radius 1 is 1.03 bits per heavy atom. The summed E-state index contributed by atoms with van der Waals surface area (Å²) in [6.45, 7) is 4.07. The van der Waals surface area contributed by atoms with Gasteiger partial charge in [0.25, 0.3) is 5.91 Å². The van der Waals surface area contributed by atoms with Crippen molar-refractivity contribution in [3.05, 3.63) is 95.1 Å². The minimum Gasteiger partial charge on any atom is -0.497 e. The average molecular weight is 511 g/mol. The van der Waals surface area contributed by atoms with Crippen molar-refractivity contribution < 1.29 is 32.2 Å². The van der Waals surface area contributed by atoms with Crippen LogP contribution in [0.4, 0.5) is 18.9 Å². The van der Waals surface area contributed by atoms with Gasteiger partial charge in [0.1, 0.15) is 11.5 Å². The largest absolute Gasteiger partial charge is 0.573 e. The Balaban J connectivity index is 1.59. The molecule has 0 bridgehead atoms. The molecule has 0 aromatic heterocycles. The molecule has 3 aromatic rings. The van der Waals surface area contributed by atoms with Crippen LogP contribution in [0.2, 0.25) is 0 Å². The molecule has 9 heteroatoms. The van der Waals surface area contributed by atoms with E-state index in [0.717, 1.165) is 23.6 Å². The lowest BCUT2D eigenvalue weighted by Gasteiger charge is -2.35. The Hall–Kier alpha value is -4.27. The van der Waals surface area contributed by atoms with Crippen LogP contribution < -0.4 is 20.1 Å². The summed E-state index contributed by atoms with van der Waals surface area (Å²) in [5, 5.41) is 5.94. The zero-order valence-electron chi connectivity index (χ0n) is 20.4. The van der Waals surface area contributed by atoms with Crippen LogP contribution in [0.15, 0.2) is 72.8 Å². The number of ketones is 1. The van der Waals surface area contributed by atoms with Gasteiger partial charge in [-0.25, -0.2) is 0 Å². The first-order chi connectivity index (χ1) is 17.4. The minimum atomic E-state index is -4.94. The van der Waals surface area contributed by atoms with Gasteiger partial charge < -0.3 is 20.1 Å². The molecule has 0 aliphatic carbocycles. The fraction of sp³-hybridized carbons (Fsp3) is 0.214. The molecule has 3 aromatic carbocycles. The van der Waals surface area contributed by atoms with Gasteiger partial charge >= 0.3 is 6.36 Å². The standard InChI is InChI=1S/C28H25F3N2O4/c1-27(2)16-18-11-12-20(36-3)14-22(18)23(33-27)15-24(34)17-7-6-8-19(13-17)32-26(35)21-9-4-5-10-25(21)37-28(29,30)31/h4-15,33H,16H2,1-3H3,(H,32,35). The normalized spacial score (nSPS) is 15.4. The van der Waals surface area contributed by atoms with Crippen molar-refractivity contribution in [3.8, 4) is 11.5 Å². The molecule has 1 aliphatic heterocycles. The number of allylic oxidation sites excluding steroid dienone is 1. The topological polar surface area (TPSA) is 76.7 Å². The maximum Gasteiger partial charge on any atom is 0.573 e. The first kappa shape index (κ1) is 25.8. The Kier molecular flexibility index (Phi) is 6.98. The number of carbonyl (C=O) groups is 2. The van der Waals surface area contributed by atoms with E-state index in [1.54, 1.807) is 19.2 Å². The Labute approximate surface area is 212 Å². The quantitative estimate of drug-likeness (QED) is 0.315. The van der Waals surface area contributed by atoms with Crippen molar-refractivity contribution in [2.24, 2.45) is 0 Å². The third-order valence-electron chi connectivity index (χ3n) is 5.75. The monoisotopic (exact) mass is 510 g/mol. The van der Waals surface area contributed by atoms with E-state index in [1.165, 1.54) is 36.4 Å². The van der Waals surface area contributed by atoms with Gasteiger partial charge in [0.15, 0.2) is 5.78 Å². The van der Waals surface area contributed by atoms with E-state index < -0.39 is 18.0 Å². The van der Waals surface area contributed by atoms with Crippen LogP contribution >= 0.6 is 0 Å². The predicted molar refractivity (Wildman–Crippen MR) is 134 cm³/mol. The van der Waals surface area contributed by atoms with Crippen molar-refractivity contribution in [1.29, 1.82) is 0 Å². The number of anilines is 1. The maximum atomic E-state index is 13.2. The number of benzene rings is 3. The van der Waals surface area contributed by atoms with Gasteiger partial charge in [0.2, 0.25) is 0 Å². The summed E-state index contributed by atoms with van der Waals surface area (Å²) in [5.41, 5.74) is 2.53. The van der Waals surface area contributed by atoms with Crippen molar-refractivity contribution >= 4 is 23.1 Å². The molecule has 0 saturated heterocycles. The second-order valence-electron chi connectivity index (χ2n) is 9.21. The van der Waals surface area contributed by atoms with Crippen molar-refractivity contribution in [2.45, 2.75) is 32.2 Å². The number of ether oxygens (including phenoxy) is 2. The van der Waals surface area contributed by atoms with E-state index in [4.69, 9.17) is 4.74 Å². The zero-order chi connectivity index (χ0) is 26.8. The van der Waals surface area contributed by atoms with Crippen LogP contribution in [0.1, 0.15) is 45.7 Å². The summed E-state index contributed by atoms with van der Waals surface area (Å²) in [6, 6.07) is 16.9. The summed E-state index contributed by atoms with van der Waals surface area (Å²) >= 11 is 0. The van der Waals surface area contributed by atoms with Crippen LogP contribution in [-0.2, 0) is 6.42 Å². The summed E-state index contributed by atoms with van der Waals surface area (Å²) in [6.07, 6.45) is -2.69. The molecule has 0 fully saturated rings. The number of amides is 1. The lowest BCUT2D eigenvalue weighted by atomic mass is 9.85. The van der Waals surface area contributed by atoms with Crippen LogP contribution in [0, 0.1) is 0 Å².